The summed E-state index contributed by atoms with van der Waals surface area (Å²) in [6, 6.07) is 13.1. The highest BCUT2D eigenvalue weighted by Gasteiger charge is 2.29. The number of carboxylic acid groups (broad SMARTS) is 1. The van der Waals surface area contributed by atoms with Crippen LogP contribution in [0.25, 0.3) is 0 Å². The molecule has 0 aliphatic rings. The summed E-state index contributed by atoms with van der Waals surface area (Å²) in [5.74, 6) is -0.999. The first kappa shape index (κ1) is 20.1. The monoisotopic (exact) mass is 375 g/mol. The lowest BCUT2D eigenvalue weighted by molar-refractivity contribution is 0.0697. The van der Waals surface area contributed by atoms with E-state index in [2.05, 4.69) is 0 Å². The van der Waals surface area contributed by atoms with Crippen molar-refractivity contribution in [3.8, 4) is 0 Å². The van der Waals surface area contributed by atoms with E-state index < -0.39 is 16.0 Å². The van der Waals surface area contributed by atoms with Crippen LogP contribution in [0.5, 0.6) is 0 Å². The summed E-state index contributed by atoms with van der Waals surface area (Å²) < 4.78 is 27.9. The van der Waals surface area contributed by atoms with Gasteiger partial charge in [-0.25, -0.2) is 13.2 Å². The SMILES string of the molecule is CCC(CC)N(Cc1ccc(C(=O)O)cc1)S(=O)(=O)c1ccc(C)cc1. The molecule has 2 rings (SSSR count). The van der Waals surface area contributed by atoms with Crippen molar-refractivity contribution < 1.29 is 18.3 Å². The molecule has 0 saturated heterocycles. The lowest BCUT2D eigenvalue weighted by Crippen LogP contribution is -2.39. The van der Waals surface area contributed by atoms with Crippen LogP contribution in [0.15, 0.2) is 53.4 Å². The van der Waals surface area contributed by atoms with Crippen LogP contribution >= 0.6 is 0 Å². The van der Waals surface area contributed by atoms with Crippen LogP contribution in [0.2, 0.25) is 0 Å². The van der Waals surface area contributed by atoms with Crippen LogP contribution in [0.4, 0.5) is 0 Å². The van der Waals surface area contributed by atoms with E-state index in [1.54, 1.807) is 36.4 Å². The van der Waals surface area contributed by atoms with Crippen molar-refractivity contribution in [1.29, 1.82) is 0 Å². The molecule has 0 radical (unpaired) electrons. The molecule has 0 aliphatic carbocycles. The third-order valence-corrected chi connectivity index (χ3v) is 6.43. The van der Waals surface area contributed by atoms with E-state index in [-0.39, 0.29) is 23.0 Å². The number of nitrogens with zero attached hydrogens (tertiary/aromatic N) is 1. The van der Waals surface area contributed by atoms with Crippen molar-refractivity contribution in [2.45, 2.75) is 51.1 Å². The summed E-state index contributed by atoms with van der Waals surface area (Å²) in [6.07, 6.45) is 1.41. The van der Waals surface area contributed by atoms with Gasteiger partial charge in [-0.3, -0.25) is 0 Å². The first-order valence-corrected chi connectivity index (χ1v) is 10.1. The number of rotatable bonds is 8. The molecule has 1 N–H and O–H groups in total. The number of sulfonamides is 1. The molecular formula is C20H25NO4S. The fraction of sp³-hybridized carbons (Fsp3) is 0.350. The zero-order valence-electron chi connectivity index (χ0n) is 15.3. The van der Waals surface area contributed by atoms with Gasteiger partial charge in [0, 0.05) is 12.6 Å². The highest BCUT2D eigenvalue weighted by atomic mass is 32.2. The topological polar surface area (TPSA) is 74.7 Å². The minimum atomic E-state index is -3.65. The summed E-state index contributed by atoms with van der Waals surface area (Å²) in [5.41, 5.74) is 1.95. The molecule has 0 amide bonds. The van der Waals surface area contributed by atoms with Crippen molar-refractivity contribution in [3.05, 3.63) is 65.2 Å². The van der Waals surface area contributed by atoms with Gasteiger partial charge in [0.2, 0.25) is 10.0 Å². The van der Waals surface area contributed by atoms with E-state index in [1.165, 1.54) is 16.4 Å². The number of carbonyl (C=O) groups is 1. The second-order valence-corrected chi connectivity index (χ2v) is 8.23. The van der Waals surface area contributed by atoms with Gasteiger partial charge in [0.25, 0.3) is 0 Å². The van der Waals surface area contributed by atoms with Crippen molar-refractivity contribution in [3.63, 3.8) is 0 Å². The van der Waals surface area contributed by atoms with Crippen LogP contribution in [0, 0.1) is 6.92 Å². The van der Waals surface area contributed by atoms with Crippen molar-refractivity contribution >= 4 is 16.0 Å². The Kier molecular flexibility index (Phi) is 6.56. The van der Waals surface area contributed by atoms with Crippen LogP contribution < -0.4 is 0 Å². The summed E-state index contributed by atoms with van der Waals surface area (Å²) >= 11 is 0. The van der Waals surface area contributed by atoms with Gasteiger partial charge in [-0.15, -0.1) is 0 Å². The number of benzene rings is 2. The van der Waals surface area contributed by atoms with Gasteiger partial charge in [-0.2, -0.15) is 4.31 Å². The van der Waals surface area contributed by atoms with E-state index in [9.17, 15) is 13.2 Å². The number of aryl methyl sites for hydroxylation is 1. The lowest BCUT2D eigenvalue weighted by atomic mass is 10.1. The normalized spacial score (nSPS) is 11.9. The van der Waals surface area contributed by atoms with Crippen molar-refractivity contribution in [2.24, 2.45) is 0 Å². The Hall–Kier alpha value is -2.18. The predicted molar refractivity (Wildman–Crippen MR) is 102 cm³/mol. The van der Waals surface area contributed by atoms with E-state index in [0.29, 0.717) is 12.8 Å². The quantitative estimate of drug-likeness (QED) is 0.755. The number of carboxylic acids is 1. The van der Waals surface area contributed by atoms with E-state index in [1.807, 2.05) is 20.8 Å². The highest BCUT2D eigenvalue weighted by molar-refractivity contribution is 7.89. The second-order valence-electron chi connectivity index (χ2n) is 6.34. The number of hydrogen-bond acceptors (Lipinski definition) is 3. The molecule has 0 aromatic heterocycles. The standard InChI is InChI=1S/C20H25NO4S/c1-4-18(5-2)21(14-16-8-10-17(11-9-16)20(22)23)26(24,25)19-12-6-15(3)7-13-19/h6-13,18H,4-5,14H2,1-3H3,(H,22,23). The molecule has 6 heteroatoms. The van der Waals surface area contributed by atoms with Gasteiger partial charge in [0.05, 0.1) is 10.5 Å². The molecule has 0 saturated carbocycles. The molecule has 5 nitrogen and oxygen atoms in total. The van der Waals surface area contributed by atoms with E-state index >= 15 is 0 Å². The number of hydrogen-bond donors (Lipinski definition) is 1. The molecule has 0 fully saturated rings. The van der Waals surface area contributed by atoms with Crippen LogP contribution in [0.3, 0.4) is 0 Å². The molecule has 0 heterocycles. The fourth-order valence-corrected chi connectivity index (χ4v) is 4.65. The summed E-state index contributed by atoms with van der Waals surface area (Å²) in [6.45, 7) is 6.07. The van der Waals surface area contributed by atoms with Crippen LogP contribution in [-0.2, 0) is 16.6 Å². The zero-order chi connectivity index (χ0) is 19.3. The minimum absolute atomic E-state index is 0.125. The van der Waals surface area contributed by atoms with E-state index in [0.717, 1.165) is 11.1 Å². The Morgan fingerprint density at radius 3 is 2.00 bits per heavy atom. The van der Waals surface area contributed by atoms with Gasteiger partial charge < -0.3 is 5.11 Å². The van der Waals surface area contributed by atoms with Gasteiger partial charge in [-0.1, -0.05) is 43.7 Å². The maximum Gasteiger partial charge on any atom is 0.335 e. The highest BCUT2D eigenvalue weighted by Crippen LogP contribution is 2.24. The van der Waals surface area contributed by atoms with Gasteiger partial charge in [-0.05, 0) is 49.6 Å². The molecule has 0 aliphatic heterocycles. The first-order valence-electron chi connectivity index (χ1n) is 8.70. The predicted octanol–water partition coefficient (Wildman–Crippen LogP) is 4.07. The molecule has 2 aromatic rings. The average Bonchev–Trinajstić information content (AvgIpc) is 2.62. The molecular weight excluding hydrogens is 350 g/mol. The number of aromatic carboxylic acids is 1. The Balaban J connectivity index is 2.39. The molecule has 0 bridgehead atoms. The average molecular weight is 375 g/mol. The Morgan fingerprint density at radius 1 is 1.00 bits per heavy atom. The molecule has 0 spiro atoms. The largest absolute Gasteiger partial charge is 0.478 e. The molecule has 26 heavy (non-hydrogen) atoms. The van der Waals surface area contributed by atoms with Crippen molar-refractivity contribution in [2.75, 3.05) is 0 Å². The molecule has 2 aromatic carbocycles. The summed E-state index contributed by atoms with van der Waals surface area (Å²) in [4.78, 5) is 11.3. The maximum atomic E-state index is 13.2. The molecule has 0 atom stereocenters. The second kappa shape index (κ2) is 8.47. The Morgan fingerprint density at radius 2 is 1.54 bits per heavy atom. The molecule has 140 valence electrons. The van der Waals surface area contributed by atoms with Gasteiger partial charge in [0.15, 0.2) is 0 Å². The fourth-order valence-electron chi connectivity index (χ4n) is 2.88. The maximum absolute atomic E-state index is 13.2. The lowest BCUT2D eigenvalue weighted by Gasteiger charge is -2.30. The smallest absolute Gasteiger partial charge is 0.335 e. The third kappa shape index (κ3) is 4.51. The minimum Gasteiger partial charge on any atom is -0.478 e. The molecule has 0 unspecified atom stereocenters. The van der Waals surface area contributed by atoms with Crippen LogP contribution in [-0.4, -0.2) is 29.8 Å². The van der Waals surface area contributed by atoms with Gasteiger partial charge >= 0.3 is 5.97 Å². The Labute approximate surface area is 155 Å². The van der Waals surface area contributed by atoms with Crippen LogP contribution in [0.1, 0.15) is 48.2 Å². The van der Waals surface area contributed by atoms with E-state index in [4.69, 9.17) is 5.11 Å². The van der Waals surface area contributed by atoms with Crippen molar-refractivity contribution in [1.82, 2.24) is 4.31 Å². The first-order chi connectivity index (χ1) is 12.3. The van der Waals surface area contributed by atoms with Gasteiger partial charge in [0.1, 0.15) is 0 Å². The zero-order valence-corrected chi connectivity index (χ0v) is 16.2. The summed E-state index contributed by atoms with van der Waals surface area (Å²) in [7, 11) is -3.65. The third-order valence-electron chi connectivity index (χ3n) is 4.52. The Bertz CT molecular complexity index is 838. The summed E-state index contributed by atoms with van der Waals surface area (Å²) in [5, 5.41) is 9.02.